The molecule has 2 saturated heterocycles. The summed E-state index contributed by atoms with van der Waals surface area (Å²) in [5.41, 5.74) is 2.19. The minimum absolute atomic E-state index is 0.0632. The average Bonchev–Trinajstić information content (AvgIpc) is 2.96. The van der Waals surface area contributed by atoms with Crippen molar-refractivity contribution < 1.29 is 19.1 Å². The summed E-state index contributed by atoms with van der Waals surface area (Å²) in [5, 5.41) is 4.64. The molecule has 5 rings (SSSR count). The van der Waals surface area contributed by atoms with Crippen molar-refractivity contribution in [1.82, 2.24) is 10.1 Å². The number of piperidine rings is 2. The molecular weight excluding hydrogens is 548 g/mol. The van der Waals surface area contributed by atoms with Crippen molar-refractivity contribution >= 4 is 0 Å². The predicted molar refractivity (Wildman–Crippen MR) is 178 cm³/mol. The fourth-order valence-corrected chi connectivity index (χ4v) is 8.95. The van der Waals surface area contributed by atoms with E-state index in [2.05, 4.69) is 89.8 Å². The molecule has 0 spiro atoms. The highest BCUT2D eigenvalue weighted by molar-refractivity contribution is 5.21. The molecule has 2 heterocycles. The second kappa shape index (κ2) is 14.0. The zero-order chi connectivity index (χ0) is 31.6. The van der Waals surface area contributed by atoms with Gasteiger partial charge in [-0.3, -0.25) is 9.68 Å². The first-order valence-corrected chi connectivity index (χ1v) is 18.0. The maximum Gasteiger partial charge on any atom is 0.0793 e. The highest BCUT2D eigenvalue weighted by Crippen LogP contribution is 2.43. The lowest BCUT2D eigenvalue weighted by Crippen LogP contribution is -2.62. The van der Waals surface area contributed by atoms with Gasteiger partial charge in [-0.2, -0.15) is 10.1 Å². The van der Waals surface area contributed by atoms with Gasteiger partial charge in [0.05, 0.1) is 37.6 Å². The standard InChI is InChI=1S/C38H64N2O4/c1-35(2)23-33(24-36(3,4)39(35)43-31-15-11-9-12-16-31)41-27-29-19-21-30(22-20-29)28-42-34-25-37(5,6)40(38(7,8)26-34)44-32-17-13-10-14-18-32/h19-22,31-34H,9-18,23-28H2,1-8H3. The van der Waals surface area contributed by atoms with E-state index in [-0.39, 0.29) is 34.4 Å². The Labute approximate surface area is 269 Å². The van der Waals surface area contributed by atoms with Crippen LogP contribution in [0.4, 0.5) is 0 Å². The maximum atomic E-state index is 6.67. The first-order valence-electron chi connectivity index (χ1n) is 18.0. The van der Waals surface area contributed by atoms with Crippen molar-refractivity contribution in [1.29, 1.82) is 0 Å². The van der Waals surface area contributed by atoms with Gasteiger partial charge in [-0.25, -0.2) is 0 Å². The summed E-state index contributed by atoms with van der Waals surface area (Å²) >= 11 is 0. The molecular formula is C38H64N2O4. The average molecular weight is 613 g/mol. The Bertz CT molecular complexity index is 920. The molecule has 6 heteroatoms. The molecule has 4 fully saturated rings. The van der Waals surface area contributed by atoms with E-state index < -0.39 is 0 Å². The maximum absolute atomic E-state index is 6.67. The minimum atomic E-state index is -0.0632. The lowest BCUT2D eigenvalue weighted by Gasteiger charge is -2.54. The highest BCUT2D eigenvalue weighted by atomic mass is 16.7. The van der Waals surface area contributed by atoms with E-state index in [1.807, 2.05) is 0 Å². The zero-order valence-electron chi connectivity index (χ0n) is 29.5. The molecule has 2 aliphatic heterocycles. The van der Waals surface area contributed by atoms with Crippen molar-refractivity contribution in [3.63, 3.8) is 0 Å². The van der Waals surface area contributed by atoms with E-state index in [1.54, 1.807) is 0 Å². The Hall–Kier alpha value is -1.02. The van der Waals surface area contributed by atoms with Crippen LogP contribution in [-0.4, -0.2) is 56.7 Å². The van der Waals surface area contributed by atoms with Gasteiger partial charge in [0.25, 0.3) is 0 Å². The van der Waals surface area contributed by atoms with Crippen LogP contribution in [0.3, 0.4) is 0 Å². The van der Waals surface area contributed by atoms with Crippen molar-refractivity contribution in [2.24, 2.45) is 0 Å². The quantitative estimate of drug-likeness (QED) is 0.262. The van der Waals surface area contributed by atoms with Crippen LogP contribution in [0.25, 0.3) is 0 Å². The number of hydrogen-bond donors (Lipinski definition) is 0. The molecule has 2 aliphatic carbocycles. The second-order valence-electron chi connectivity index (χ2n) is 17.1. The third kappa shape index (κ3) is 8.66. The van der Waals surface area contributed by atoms with Gasteiger partial charge in [0, 0.05) is 22.2 Å². The molecule has 6 nitrogen and oxygen atoms in total. The van der Waals surface area contributed by atoms with E-state index in [1.165, 1.54) is 75.3 Å². The Kier molecular flexibility index (Phi) is 10.9. The molecule has 0 N–H and O–H groups in total. The Morgan fingerprint density at radius 3 is 1.07 bits per heavy atom. The van der Waals surface area contributed by atoms with E-state index in [0.29, 0.717) is 25.4 Å². The van der Waals surface area contributed by atoms with Gasteiger partial charge in [-0.15, -0.1) is 0 Å². The normalized spacial score (nSPS) is 27.5. The summed E-state index contributed by atoms with van der Waals surface area (Å²) in [6.07, 6.45) is 17.7. The lowest BCUT2D eigenvalue weighted by molar-refractivity contribution is -0.320. The third-order valence-corrected chi connectivity index (χ3v) is 10.7. The smallest absolute Gasteiger partial charge is 0.0793 e. The van der Waals surface area contributed by atoms with Gasteiger partial charge in [0.15, 0.2) is 0 Å². The van der Waals surface area contributed by atoms with E-state index in [0.717, 1.165) is 25.7 Å². The molecule has 0 atom stereocenters. The van der Waals surface area contributed by atoms with Gasteiger partial charge < -0.3 is 9.47 Å². The molecule has 0 amide bonds. The Morgan fingerprint density at radius 1 is 0.477 bits per heavy atom. The number of hydroxylamine groups is 4. The lowest BCUT2D eigenvalue weighted by atomic mass is 9.80. The van der Waals surface area contributed by atoms with Gasteiger partial charge in [-0.1, -0.05) is 62.8 Å². The van der Waals surface area contributed by atoms with Crippen LogP contribution in [0.1, 0.15) is 156 Å². The van der Waals surface area contributed by atoms with Crippen LogP contribution in [0.15, 0.2) is 24.3 Å². The fourth-order valence-electron chi connectivity index (χ4n) is 8.95. The van der Waals surface area contributed by atoms with E-state index in [4.69, 9.17) is 19.1 Å². The predicted octanol–water partition coefficient (Wildman–Crippen LogP) is 9.29. The molecule has 0 radical (unpaired) electrons. The number of ether oxygens (including phenoxy) is 2. The monoisotopic (exact) mass is 612 g/mol. The fraction of sp³-hybridized carbons (Fsp3) is 0.842. The summed E-state index contributed by atoms with van der Waals surface area (Å²) in [6.45, 7) is 19.8. The zero-order valence-corrected chi connectivity index (χ0v) is 29.5. The number of hydrogen-bond acceptors (Lipinski definition) is 6. The third-order valence-electron chi connectivity index (χ3n) is 10.7. The largest absolute Gasteiger partial charge is 0.373 e. The molecule has 4 aliphatic rings. The van der Waals surface area contributed by atoms with Crippen LogP contribution >= 0.6 is 0 Å². The van der Waals surface area contributed by atoms with Crippen LogP contribution < -0.4 is 0 Å². The highest BCUT2D eigenvalue weighted by Gasteiger charge is 2.49. The Balaban J connectivity index is 1.09. The van der Waals surface area contributed by atoms with E-state index in [9.17, 15) is 0 Å². The van der Waals surface area contributed by atoms with Crippen LogP contribution in [0, 0.1) is 0 Å². The second-order valence-corrected chi connectivity index (χ2v) is 17.1. The summed E-state index contributed by atoms with van der Waals surface area (Å²) in [5.74, 6) is 0. The van der Waals surface area contributed by atoms with E-state index >= 15 is 0 Å². The first-order chi connectivity index (χ1) is 20.7. The summed E-state index contributed by atoms with van der Waals surface area (Å²) in [6, 6.07) is 8.85. The van der Waals surface area contributed by atoms with Crippen LogP contribution in [0.5, 0.6) is 0 Å². The molecule has 2 saturated carbocycles. The minimum Gasteiger partial charge on any atom is -0.373 e. The van der Waals surface area contributed by atoms with Crippen LogP contribution in [0.2, 0.25) is 0 Å². The molecule has 250 valence electrons. The molecule has 1 aromatic carbocycles. The first kappa shape index (κ1) is 34.3. The van der Waals surface area contributed by atoms with Gasteiger partial charge in [0.1, 0.15) is 0 Å². The molecule has 44 heavy (non-hydrogen) atoms. The van der Waals surface area contributed by atoms with Crippen molar-refractivity contribution in [2.45, 2.75) is 205 Å². The van der Waals surface area contributed by atoms with Gasteiger partial charge in [-0.05, 0) is 118 Å². The van der Waals surface area contributed by atoms with Crippen LogP contribution in [-0.2, 0) is 32.4 Å². The Morgan fingerprint density at radius 2 is 0.773 bits per heavy atom. The number of rotatable bonds is 10. The van der Waals surface area contributed by atoms with Gasteiger partial charge in [0.2, 0.25) is 0 Å². The van der Waals surface area contributed by atoms with Crippen molar-refractivity contribution in [3.8, 4) is 0 Å². The molecule has 0 bridgehead atoms. The SMILES string of the molecule is CC1(C)CC(OCc2ccc(COC3CC(C)(C)N(OC4CCCCC4)C(C)(C)C3)cc2)CC(C)(C)N1OC1CCCCC1. The summed E-state index contributed by atoms with van der Waals surface area (Å²) < 4.78 is 13.1. The summed E-state index contributed by atoms with van der Waals surface area (Å²) in [4.78, 5) is 13.3. The molecule has 0 unspecified atom stereocenters. The van der Waals surface area contributed by atoms with Gasteiger partial charge >= 0.3 is 0 Å². The molecule has 1 aromatic rings. The summed E-state index contributed by atoms with van der Waals surface area (Å²) in [7, 11) is 0. The van der Waals surface area contributed by atoms with Crippen molar-refractivity contribution in [3.05, 3.63) is 35.4 Å². The number of benzene rings is 1. The van der Waals surface area contributed by atoms with Crippen molar-refractivity contribution in [2.75, 3.05) is 0 Å². The topological polar surface area (TPSA) is 43.4 Å². The molecule has 0 aromatic heterocycles. The number of nitrogens with zero attached hydrogens (tertiary/aromatic N) is 2.